The standard InChI is InChI=1S/C14H7Br2FN2O3S/c15-9-2-1-7(17)5-8(9)14(20)21-6-12-18-19-13(22-12)10-3-4-11(16)23-10/h1-5H,6H2. The van der Waals surface area contributed by atoms with Gasteiger partial charge in [-0.2, -0.15) is 0 Å². The van der Waals surface area contributed by atoms with Crippen molar-refractivity contribution in [3.05, 3.63) is 55.9 Å². The number of hydrogen-bond donors (Lipinski definition) is 0. The Kier molecular flexibility index (Phi) is 4.88. The summed E-state index contributed by atoms with van der Waals surface area (Å²) in [6.45, 7) is -0.193. The van der Waals surface area contributed by atoms with E-state index in [9.17, 15) is 9.18 Å². The highest BCUT2D eigenvalue weighted by atomic mass is 79.9. The number of carbonyl (C=O) groups is 1. The predicted octanol–water partition coefficient (Wildman–Crippen LogP) is 4.82. The van der Waals surface area contributed by atoms with E-state index in [0.29, 0.717) is 10.4 Å². The van der Waals surface area contributed by atoms with Crippen LogP contribution in [0.1, 0.15) is 16.2 Å². The molecule has 0 aliphatic heterocycles. The van der Waals surface area contributed by atoms with Crippen LogP contribution in [0.2, 0.25) is 0 Å². The lowest BCUT2D eigenvalue weighted by Crippen LogP contribution is -2.06. The van der Waals surface area contributed by atoms with Crippen LogP contribution >= 0.6 is 43.2 Å². The SMILES string of the molecule is O=C(OCc1nnc(-c2ccc(Br)s2)o1)c1cc(F)ccc1Br. The van der Waals surface area contributed by atoms with Crippen LogP contribution in [-0.2, 0) is 11.3 Å². The van der Waals surface area contributed by atoms with E-state index < -0.39 is 11.8 Å². The Labute approximate surface area is 150 Å². The average Bonchev–Trinajstić information content (AvgIpc) is 3.16. The molecule has 0 aliphatic rings. The van der Waals surface area contributed by atoms with Crippen LogP contribution < -0.4 is 0 Å². The predicted molar refractivity (Wildman–Crippen MR) is 88.5 cm³/mol. The highest BCUT2D eigenvalue weighted by Gasteiger charge is 2.16. The van der Waals surface area contributed by atoms with Crippen LogP contribution in [0.15, 0.2) is 43.0 Å². The molecule has 0 fully saturated rings. The van der Waals surface area contributed by atoms with Gasteiger partial charge in [0.05, 0.1) is 14.2 Å². The number of carbonyl (C=O) groups excluding carboxylic acids is 1. The van der Waals surface area contributed by atoms with E-state index >= 15 is 0 Å². The maximum atomic E-state index is 13.2. The molecule has 3 rings (SSSR count). The van der Waals surface area contributed by atoms with Crippen LogP contribution in [0.25, 0.3) is 10.8 Å². The van der Waals surface area contributed by atoms with Gasteiger partial charge in [0.1, 0.15) is 5.82 Å². The molecule has 0 saturated heterocycles. The van der Waals surface area contributed by atoms with Crippen molar-refractivity contribution in [1.29, 1.82) is 0 Å². The van der Waals surface area contributed by atoms with Gasteiger partial charge in [-0.1, -0.05) is 0 Å². The minimum Gasteiger partial charge on any atom is -0.452 e. The fourth-order valence-corrected chi connectivity index (χ4v) is 3.42. The molecule has 3 aromatic rings. The molecular weight excluding hydrogens is 455 g/mol. The molecule has 0 amide bonds. The highest BCUT2D eigenvalue weighted by molar-refractivity contribution is 9.11. The lowest BCUT2D eigenvalue weighted by atomic mass is 10.2. The molecule has 1 aromatic carbocycles. The van der Waals surface area contributed by atoms with E-state index in [1.807, 2.05) is 12.1 Å². The number of nitrogens with zero attached hydrogens (tertiary/aromatic N) is 2. The molecule has 0 N–H and O–H groups in total. The van der Waals surface area contributed by atoms with Gasteiger partial charge in [0, 0.05) is 4.47 Å². The van der Waals surface area contributed by atoms with Crippen molar-refractivity contribution in [2.24, 2.45) is 0 Å². The number of thiophene rings is 1. The number of benzene rings is 1. The molecule has 0 saturated carbocycles. The topological polar surface area (TPSA) is 65.2 Å². The third-order valence-corrected chi connectivity index (χ3v) is 5.03. The normalized spacial score (nSPS) is 10.7. The van der Waals surface area contributed by atoms with Crippen molar-refractivity contribution in [3.63, 3.8) is 0 Å². The Morgan fingerprint density at radius 1 is 1.26 bits per heavy atom. The maximum Gasteiger partial charge on any atom is 0.339 e. The van der Waals surface area contributed by atoms with Crippen molar-refractivity contribution in [2.45, 2.75) is 6.61 Å². The number of halogens is 3. The van der Waals surface area contributed by atoms with Gasteiger partial charge < -0.3 is 9.15 Å². The van der Waals surface area contributed by atoms with Crippen LogP contribution in [-0.4, -0.2) is 16.2 Å². The second kappa shape index (κ2) is 6.90. The first-order valence-electron chi connectivity index (χ1n) is 6.23. The minimum atomic E-state index is -0.685. The van der Waals surface area contributed by atoms with Crippen LogP contribution in [0.4, 0.5) is 4.39 Å². The maximum absolute atomic E-state index is 13.2. The summed E-state index contributed by atoms with van der Waals surface area (Å²) in [4.78, 5) is 12.8. The summed E-state index contributed by atoms with van der Waals surface area (Å²) in [5.74, 6) is -0.706. The van der Waals surface area contributed by atoms with Gasteiger partial charge in [0.2, 0.25) is 0 Å². The first-order valence-corrected chi connectivity index (χ1v) is 8.63. The summed E-state index contributed by atoms with van der Waals surface area (Å²) in [7, 11) is 0. The van der Waals surface area contributed by atoms with Gasteiger partial charge in [0.15, 0.2) is 6.61 Å². The number of aromatic nitrogens is 2. The molecule has 23 heavy (non-hydrogen) atoms. The molecule has 5 nitrogen and oxygen atoms in total. The van der Waals surface area contributed by atoms with Gasteiger partial charge in [-0.05, 0) is 62.2 Å². The molecule has 2 heterocycles. The zero-order valence-corrected chi connectivity index (χ0v) is 15.2. The molecule has 0 aliphatic carbocycles. The van der Waals surface area contributed by atoms with Gasteiger partial charge in [-0.3, -0.25) is 0 Å². The lowest BCUT2D eigenvalue weighted by Gasteiger charge is -2.04. The van der Waals surface area contributed by atoms with E-state index in [1.54, 1.807) is 0 Å². The summed E-state index contributed by atoms with van der Waals surface area (Å²) >= 11 is 7.96. The van der Waals surface area contributed by atoms with Crippen molar-refractivity contribution in [2.75, 3.05) is 0 Å². The highest BCUT2D eigenvalue weighted by Crippen LogP contribution is 2.30. The first kappa shape index (κ1) is 16.3. The van der Waals surface area contributed by atoms with E-state index in [2.05, 4.69) is 42.1 Å². The lowest BCUT2D eigenvalue weighted by molar-refractivity contribution is 0.0437. The first-order chi connectivity index (χ1) is 11.0. The van der Waals surface area contributed by atoms with Crippen molar-refractivity contribution >= 4 is 49.2 Å². The van der Waals surface area contributed by atoms with Crippen LogP contribution in [0.3, 0.4) is 0 Å². The quantitative estimate of drug-likeness (QED) is 0.521. The Hall–Kier alpha value is -1.58. The average molecular weight is 462 g/mol. The molecule has 0 radical (unpaired) electrons. The Morgan fingerprint density at radius 3 is 2.83 bits per heavy atom. The second-order valence-electron chi connectivity index (χ2n) is 4.31. The van der Waals surface area contributed by atoms with Gasteiger partial charge in [0.25, 0.3) is 11.8 Å². The molecule has 9 heteroatoms. The Bertz CT molecular complexity index is 865. The molecule has 0 bridgehead atoms. The smallest absolute Gasteiger partial charge is 0.339 e. The monoisotopic (exact) mass is 460 g/mol. The Morgan fingerprint density at radius 2 is 2.09 bits per heavy atom. The molecule has 0 atom stereocenters. The van der Waals surface area contributed by atoms with E-state index in [1.165, 1.54) is 23.5 Å². The van der Waals surface area contributed by atoms with E-state index in [-0.39, 0.29) is 18.1 Å². The summed E-state index contributed by atoms with van der Waals surface area (Å²) in [6, 6.07) is 7.47. The number of ether oxygens (including phenoxy) is 1. The number of hydrogen-bond acceptors (Lipinski definition) is 6. The molecule has 2 aromatic heterocycles. The van der Waals surface area contributed by atoms with Crippen molar-refractivity contribution < 1.29 is 18.3 Å². The number of esters is 1. The number of rotatable bonds is 4. The third kappa shape index (κ3) is 3.85. The van der Waals surface area contributed by atoms with Gasteiger partial charge in [-0.25, -0.2) is 9.18 Å². The second-order valence-corrected chi connectivity index (χ2v) is 7.62. The molecule has 118 valence electrons. The van der Waals surface area contributed by atoms with Crippen LogP contribution in [0.5, 0.6) is 0 Å². The zero-order chi connectivity index (χ0) is 16.4. The van der Waals surface area contributed by atoms with Crippen LogP contribution in [0, 0.1) is 5.82 Å². The fourth-order valence-electron chi connectivity index (χ4n) is 1.70. The van der Waals surface area contributed by atoms with E-state index in [0.717, 1.165) is 14.7 Å². The minimum absolute atomic E-state index is 0.0897. The zero-order valence-electron chi connectivity index (χ0n) is 11.3. The van der Waals surface area contributed by atoms with Crippen molar-refractivity contribution in [3.8, 4) is 10.8 Å². The van der Waals surface area contributed by atoms with E-state index in [4.69, 9.17) is 9.15 Å². The summed E-state index contributed by atoms with van der Waals surface area (Å²) in [6.07, 6.45) is 0. The summed E-state index contributed by atoms with van der Waals surface area (Å²) < 4.78 is 25.1. The molecule has 0 spiro atoms. The summed E-state index contributed by atoms with van der Waals surface area (Å²) in [5.41, 5.74) is 0.0897. The fraction of sp³-hybridized carbons (Fsp3) is 0.0714. The van der Waals surface area contributed by atoms with Gasteiger partial charge >= 0.3 is 5.97 Å². The third-order valence-electron chi connectivity index (χ3n) is 2.73. The largest absolute Gasteiger partial charge is 0.452 e. The summed E-state index contributed by atoms with van der Waals surface area (Å²) in [5, 5.41) is 7.71. The Balaban J connectivity index is 1.68. The molecule has 0 unspecified atom stereocenters. The van der Waals surface area contributed by atoms with Gasteiger partial charge in [-0.15, -0.1) is 21.5 Å². The van der Waals surface area contributed by atoms with Crippen molar-refractivity contribution in [1.82, 2.24) is 10.2 Å². The molecular formula is C14H7Br2FN2O3S.